The van der Waals surface area contributed by atoms with Gasteiger partial charge >= 0.3 is 6.03 Å². The topological polar surface area (TPSA) is 54.3 Å². The maximum atomic E-state index is 11.4. The number of hydrogen-bond acceptors (Lipinski definition) is 2. The summed E-state index contributed by atoms with van der Waals surface area (Å²) in [6.45, 7) is 7.12. The van der Waals surface area contributed by atoms with E-state index >= 15 is 0 Å². The lowest BCUT2D eigenvalue weighted by atomic mass is 9.97. The second-order valence-corrected chi connectivity index (χ2v) is 5.18. The van der Waals surface area contributed by atoms with Gasteiger partial charge in [-0.05, 0) is 29.1 Å². The number of amides is 2. The van der Waals surface area contributed by atoms with Gasteiger partial charge in [-0.2, -0.15) is 0 Å². The Labute approximate surface area is 100 Å². The van der Waals surface area contributed by atoms with Crippen LogP contribution in [0.3, 0.4) is 0 Å². The van der Waals surface area contributed by atoms with Crippen molar-refractivity contribution < 1.29 is 9.21 Å². The minimum Gasteiger partial charge on any atom is -0.448 e. The van der Waals surface area contributed by atoms with Crippen LogP contribution in [0.4, 0.5) is 4.79 Å². The number of hydrogen-bond donors (Lipinski definition) is 2. The second-order valence-electron chi connectivity index (χ2n) is 4.80. The van der Waals surface area contributed by atoms with E-state index in [2.05, 4.69) is 31.4 Å². The fourth-order valence-electron chi connectivity index (χ4n) is 1.02. The van der Waals surface area contributed by atoms with Crippen LogP contribution in [0.2, 0.25) is 5.22 Å². The Kier molecular flexibility index (Phi) is 4.24. The summed E-state index contributed by atoms with van der Waals surface area (Å²) in [6, 6.07) is 3.17. The van der Waals surface area contributed by atoms with E-state index in [1.165, 1.54) is 0 Å². The summed E-state index contributed by atoms with van der Waals surface area (Å²) < 4.78 is 5.10. The minimum absolute atomic E-state index is 0.0747. The lowest BCUT2D eigenvalue weighted by Crippen LogP contribution is -2.39. The highest BCUT2D eigenvalue weighted by molar-refractivity contribution is 6.28. The zero-order valence-corrected chi connectivity index (χ0v) is 10.5. The van der Waals surface area contributed by atoms with Gasteiger partial charge in [0.25, 0.3) is 0 Å². The van der Waals surface area contributed by atoms with Gasteiger partial charge in [-0.1, -0.05) is 20.8 Å². The van der Waals surface area contributed by atoms with E-state index in [1.54, 1.807) is 12.1 Å². The van der Waals surface area contributed by atoms with Gasteiger partial charge in [0.05, 0.1) is 6.54 Å². The predicted octanol–water partition coefficient (Wildman–Crippen LogP) is 2.78. The van der Waals surface area contributed by atoms with Gasteiger partial charge in [0.2, 0.25) is 0 Å². The van der Waals surface area contributed by atoms with Crippen molar-refractivity contribution in [3.8, 4) is 0 Å². The SMILES string of the molecule is CC(C)(C)CNC(=O)NCc1ccc(Cl)o1. The van der Waals surface area contributed by atoms with Crippen molar-refractivity contribution in [3.63, 3.8) is 0 Å². The molecule has 2 amide bonds. The molecule has 5 heteroatoms. The minimum atomic E-state index is -0.206. The van der Waals surface area contributed by atoms with E-state index in [4.69, 9.17) is 16.0 Å². The summed E-state index contributed by atoms with van der Waals surface area (Å²) in [7, 11) is 0. The number of carbonyl (C=O) groups is 1. The smallest absolute Gasteiger partial charge is 0.315 e. The van der Waals surface area contributed by atoms with Gasteiger partial charge in [-0.3, -0.25) is 0 Å². The van der Waals surface area contributed by atoms with Gasteiger partial charge in [-0.25, -0.2) is 4.79 Å². The number of rotatable bonds is 3. The molecule has 1 aromatic rings. The van der Waals surface area contributed by atoms with Crippen LogP contribution in [-0.4, -0.2) is 12.6 Å². The lowest BCUT2D eigenvalue weighted by molar-refractivity contribution is 0.234. The molecule has 1 aromatic heterocycles. The quantitative estimate of drug-likeness (QED) is 0.859. The van der Waals surface area contributed by atoms with Crippen LogP contribution in [-0.2, 0) is 6.54 Å². The molecule has 0 unspecified atom stereocenters. The van der Waals surface area contributed by atoms with Crippen molar-refractivity contribution in [3.05, 3.63) is 23.1 Å². The van der Waals surface area contributed by atoms with Crippen molar-refractivity contribution >= 4 is 17.6 Å². The van der Waals surface area contributed by atoms with Crippen LogP contribution in [0.15, 0.2) is 16.5 Å². The molecule has 0 spiro atoms. The summed E-state index contributed by atoms with van der Waals surface area (Å²) in [4.78, 5) is 11.4. The van der Waals surface area contributed by atoms with Crippen LogP contribution >= 0.6 is 11.6 Å². The molecule has 4 nitrogen and oxygen atoms in total. The van der Waals surface area contributed by atoms with Crippen LogP contribution in [0.5, 0.6) is 0 Å². The molecule has 0 atom stereocenters. The third-order valence-corrected chi connectivity index (χ3v) is 2.03. The third-order valence-electron chi connectivity index (χ3n) is 1.83. The van der Waals surface area contributed by atoms with Gasteiger partial charge < -0.3 is 15.1 Å². The van der Waals surface area contributed by atoms with Crippen molar-refractivity contribution in [2.45, 2.75) is 27.3 Å². The molecule has 1 rings (SSSR count). The molecule has 0 radical (unpaired) electrons. The number of halogens is 1. The molecular formula is C11H17ClN2O2. The monoisotopic (exact) mass is 244 g/mol. The zero-order valence-electron chi connectivity index (χ0n) is 9.76. The second kappa shape index (κ2) is 5.25. The molecule has 0 aliphatic carbocycles. The maximum absolute atomic E-state index is 11.4. The molecule has 2 N–H and O–H groups in total. The Morgan fingerprint density at radius 2 is 2.06 bits per heavy atom. The summed E-state index contributed by atoms with van der Waals surface area (Å²) in [5.41, 5.74) is 0.0747. The standard InChI is InChI=1S/C11H17ClN2O2/c1-11(2,3)7-14-10(15)13-6-8-4-5-9(12)16-8/h4-5H,6-7H2,1-3H3,(H2,13,14,15). The average Bonchev–Trinajstić information content (AvgIpc) is 2.57. The maximum Gasteiger partial charge on any atom is 0.315 e. The molecule has 0 bridgehead atoms. The van der Waals surface area contributed by atoms with Gasteiger partial charge in [0, 0.05) is 6.54 Å². The Balaban J connectivity index is 2.25. The highest BCUT2D eigenvalue weighted by Gasteiger charge is 2.11. The normalized spacial score (nSPS) is 11.2. The van der Waals surface area contributed by atoms with E-state index in [9.17, 15) is 4.79 Å². The molecule has 0 aliphatic heterocycles. The van der Waals surface area contributed by atoms with Gasteiger partial charge in [-0.15, -0.1) is 0 Å². The number of nitrogens with one attached hydrogen (secondary N) is 2. The summed E-state index contributed by atoms with van der Waals surface area (Å²) in [5.74, 6) is 0.635. The number of furan rings is 1. The molecule has 0 saturated heterocycles. The largest absolute Gasteiger partial charge is 0.448 e. The predicted molar refractivity (Wildman–Crippen MR) is 63.4 cm³/mol. The third kappa shape index (κ3) is 5.07. The molecule has 16 heavy (non-hydrogen) atoms. The van der Waals surface area contributed by atoms with Crippen molar-refractivity contribution in [1.29, 1.82) is 0 Å². The summed E-state index contributed by atoms with van der Waals surface area (Å²) in [5, 5.41) is 5.78. The molecule has 0 saturated carbocycles. The molecule has 0 aliphatic rings. The zero-order chi connectivity index (χ0) is 12.2. The van der Waals surface area contributed by atoms with Crippen LogP contribution in [0.25, 0.3) is 0 Å². The van der Waals surface area contributed by atoms with Crippen LogP contribution < -0.4 is 10.6 Å². The van der Waals surface area contributed by atoms with Crippen LogP contribution in [0, 0.1) is 5.41 Å². The van der Waals surface area contributed by atoms with Crippen molar-refractivity contribution in [1.82, 2.24) is 10.6 Å². The fraction of sp³-hybridized carbons (Fsp3) is 0.545. The first-order valence-electron chi connectivity index (χ1n) is 5.13. The Morgan fingerprint density at radius 1 is 1.38 bits per heavy atom. The Hall–Kier alpha value is -1.16. The molecule has 90 valence electrons. The summed E-state index contributed by atoms with van der Waals surface area (Å²) >= 11 is 5.60. The van der Waals surface area contributed by atoms with E-state index in [-0.39, 0.29) is 11.4 Å². The van der Waals surface area contributed by atoms with Gasteiger partial charge in [0.1, 0.15) is 5.76 Å². The van der Waals surface area contributed by atoms with Crippen molar-refractivity contribution in [2.75, 3.05) is 6.54 Å². The number of urea groups is 1. The van der Waals surface area contributed by atoms with E-state index in [0.29, 0.717) is 24.1 Å². The molecule has 0 fully saturated rings. The van der Waals surface area contributed by atoms with Crippen molar-refractivity contribution in [2.24, 2.45) is 5.41 Å². The lowest BCUT2D eigenvalue weighted by Gasteiger charge is -2.18. The first-order valence-corrected chi connectivity index (χ1v) is 5.50. The highest BCUT2D eigenvalue weighted by atomic mass is 35.5. The fourth-order valence-corrected chi connectivity index (χ4v) is 1.18. The van der Waals surface area contributed by atoms with Gasteiger partial charge in [0.15, 0.2) is 5.22 Å². The Morgan fingerprint density at radius 3 is 2.56 bits per heavy atom. The molecule has 0 aromatic carbocycles. The van der Waals surface area contributed by atoms with E-state index in [0.717, 1.165) is 0 Å². The molecule has 1 heterocycles. The average molecular weight is 245 g/mol. The molecular weight excluding hydrogens is 228 g/mol. The number of carbonyl (C=O) groups excluding carboxylic acids is 1. The van der Waals surface area contributed by atoms with E-state index in [1.807, 2.05) is 0 Å². The first kappa shape index (κ1) is 12.9. The Bertz CT molecular complexity index is 355. The van der Waals surface area contributed by atoms with E-state index < -0.39 is 0 Å². The summed E-state index contributed by atoms with van der Waals surface area (Å²) in [6.07, 6.45) is 0. The van der Waals surface area contributed by atoms with Crippen LogP contribution in [0.1, 0.15) is 26.5 Å². The highest BCUT2D eigenvalue weighted by Crippen LogP contribution is 2.12. The first-order chi connectivity index (χ1) is 7.37.